The molecule has 196 valence electrons. The predicted molar refractivity (Wildman–Crippen MR) is 123 cm³/mol. The highest BCUT2D eigenvalue weighted by molar-refractivity contribution is 5.96. The number of aromatic carboxylic acids is 1. The van der Waals surface area contributed by atoms with Crippen LogP contribution in [-0.4, -0.2) is 61.9 Å². The van der Waals surface area contributed by atoms with Gasteiger partial charge in [0.25, 0.3) is 0 Å². The summed E-state index contributed by atoms with van der Waals surface area (Å²) in [4.78, 5) is 29.4. The van der Waals surface area contributed by atoms with E-state index in [1.807, 2.05) is 10.3 Å². The van der Waals surface area contributed by atoms with Crippen molar-refractivity contribution in [1.82, 2.24) is 25.0 Å². The molecule has 13 heteroatoms. The molecule has 3 aromatic heterocycles. The van der Waals surface area contributed by atoms with E-state index in [0.29, 0.717) is 42.6 Å². The number of amides is 1. The Morgan fingerprint density at radius 2 is 1.97 bits per heavy atom. The fraction of sp³-hybridized carbons (Fsp3) is 0.417. The van der Waals surface area contributed by atoms with Crippen LogP contribution in [0.2, 0.25) is 0 Å². The van der Waals surface area contributed by atoms with Gasteiger partial charge in [-0.05, 0) is 49.4 Å². The van der Waals surface area contributed by atoms with Gasteiger partial charge < -0.3 is 10.0 Å². The minimum absolute atomic E-state index is 0.0618. The topological polar surface area (TPSA) is 103 Å². The SMILES string of the molecule is O=C(O)c1cnn2ccc(N3CCC[C@@H]3c3cc(F)cnc3CCN(NC(=O)C(F)(F)F)C3CC3)cc12. The van der Waals surface area contributed by atoms with Gasteiger partial charge >= 0.3 is 18.1 Å². The first kappa shape index (κ1) is 24.9. The Bertz CT molecular complexity index is 1340. The molecule has 0 radical (unpaired) electrons. The molecule has 2 fully saturated rings. The Morgan fingerprint density at radius 3 is 2.68 bits per heavy atom. The van der Waals surface area contributed by atoms with Gasteiger partial charge in [-0.3, -0.25) is 15.2 Å². The van der Waals surface area contributed by atoms with Gasteiger partial charge in [-0.1, -0.05) is 0 Å². The van der Waals surface area contributed by atoms with Gasteiger partial charge in [-0.15, -0.1) is 0 Å². The maximum absolute atomic E-state index is 14.3. The van der Waals surface area contributed by atoms with Crippen LogP contribution >= 0.6 is 0 Å². The van der Waals surface area contributed by atoms with Gasteiger partial charge in [0.1, 0.15) is 11.4 Å². The number of rotatable bonds is 8. The van der Waals surface area contributed by atoms with E-state index in [1.54, 1.807) is 18.3 Å². The highest BCUT2D eigenvalue weighted by atomic mass is 19.4. The first-order valence-corrected chi connectivity index (χ1v) is 11.9. The fourth-order valence-electron chi connectivity index (χ4n) is 4.83. The van der Waals surface area contributed by atoms with Crippen LogP contribution in [-0.2, 0) is 11.2 Å². The second-order valence-electron chi connectivity index (χ2n) is 9.23. The summed E-state index contributed by atoms with van der Waals surface area (Å²) >= 11 is 0. The van der Waals surface area contributed by atoms with Gasteiger partial charge in [-0.2, -0.15) is 18.3 Å². The number of anilines is 1. The van der Waals surface area contributed by atoms with Crippen LogP contribution in [0.15, 0.2) is 36.8 Å². The maximum Gasteiger partial charge on any atom is 0.472 e. The molecule has 1 atom stereocenters. The van der Waals surface area contributed by atoms with Crippen molar-refractivity contribution < 1.29 is 32.3 Å². The second kappa shape index (κ2) is 9.61. The highest BCUT2D eigenvalue weighted by Gasteiger charge is 2.42. The van der Waals surface area contributed by atoms with Crippen molar-refractivity contribution in [2.24, 2.45) is 0 Å². The number of carboxylic acids is 1. The van der Waals surface area contributed by atoms with Crippen LogP contribution in [0.25, 0.3) is 5.52 Å². The first-order chi connectivity index (χ1) is 17.6. The smallest absolute Gasteiger partial charge is 0.472 e. The third-order valence-corrected chi connectivity index (χ3v) is 6.73. The predicted octanol–water partition coefficient (Wildman–Crippen LogP) is 3.51. The average molecular weight is 520 g/mol. The highest BCUT2D eigenvalue weighted by Crippen LogP contribution is 2.38. The molecular weight excluding hydrogens is 496 g/mol. The van der Waals surface area contributed by atoms with Crippen LogP contribution < -0.4 is 10.3 Å². The van der Waals surface area contributed by atoms with Gasteiger partial charge in [-0.25, -0.2) is 18.7 Å². The monoisotopic (exact) mass is 520 g/mol. The number of halogens is 4. The molecule has 1 saturated carbocycles. The standard InChI is InChI=1S/C24H24F4N6O3/c25-14-10-17(19(29-12-14)6-9-33(15-3-4-15)31-23(37)24(26,27)28)20-2-1-7-32(20)16-5-8-34-21(11-16)18(13-30-34)22(35)36/h5,8,10-13,15,20H,1-4,6-7,9H2,(H,31,37)(H,35,36)/t20-/m1/s1. The van der Waals surface area contributed by atoms with Crippen LogP contribution in [0.5, 0.6) is 0 Å². The summed E-state index contributed by atoms with van der Waals surface area (Å²) in [7, 11) is 0. The quantitative estimate of drug-likeness (QED) is 0.346. The number of aromatic nitrogens is 3. The Labute approximate surface area is 208 Å². The van der Waals surface area contributed by atoms with Crippen molar-refractivity contribution in [3.63, 3.8) is 0 Å². The van der Waals surface area contributed by atoms with Crippen molar-refractivity contribution in [1.29, 1.82) is 0 Å². The molecule has 3 aromatic rings. The number of nitrogens with zero attached hydrogens (tertiary/aromatic N) is 5. The van der Waals surface area contributed by atoms with Crippen LogP contribution in [0.3, 0.4) is 0 Å². The molecule has 0 bridgehead atoms. The van der Waals surface area contributed by atoms with Crippen molar-refractivity contribution >= 4 is 23.1 Å². The number of pyridine rings is 2. The van der Waals surface area contributed by atoms with E-state index in [9.17, 15) is 32.3 Å². The van der Waals surface area contributed by atoms with Crippen LogP contribution in [0, 0.1) is 5.82 Å². The lowest BCUT2D eigenvalue weighted by atomic mass is 10.00. The van der Waals surface area contributed by atoms with Gasteiger partial charge in [0, 0.05) is 43.1 Å². The minimum Gasteiger partial charge on any atom is -0.478 e. The molecule has 1 aliphatic carbocycles. The molecule has 0 spiro atoms. The lowest BCUT2D eigenvalue weighted by molar-refractivity contribution is -0.179. The molecule has 1 aliphatic heterocycles. The minimum atomic E-state index is -4.99. The number of hydrazine groups is 1. The summed E-state index contributed by atoms with van der Waals surface area (Å²) < 4.78 is 54.1. The number of carboxylic acid groups (broad SMARTS) is 1. The average Bonchev–Trinajstić information content (AvgIpc) is 3.41. The maximum atomic E-state index is 14.3. The number of alkyl halides is 3. The summed E-state index contributed by atoms with van der Waals surface area (Å²) in [6, 6.07) is 4.47. The van der Waals surface area contributed by atoms with Crippen molar-refractivity contribution in [2.75, 3.05) is 18.0 Å². The third-order valence-electron chi connectivity index (χ3n) is 6.73. The number of hydrogen-bond donors (Lipinski definition) is 2. The van der Waals surface area contributed by atoms with Crippen molar-refractivity contribution in [3.8, 4) is 0 Å². The Balaban J connectivity index is 1.40. The van der Waals surface area contributed by atoms with Crippen molar-refractivity contribution in [3.05, 3.63) is 59.4 Å². The largest absolute Gasteiger partial charge is 0.478 e. The molecule has 0 unspecified atom stereocenters. The van der Waals surface area contributed by atoms with E-state index in [4.69, 9.17) is 0 Å². The molecule has 9 nitrogen and oxygen atoms in total. The number of fused-ring (bicyclic) bond motifs is 1. The van der Waals surface area contributed by atoms with Gasteiger partial charge in [0.05, 0.1) is 24.0 Å². The molecule has 0 aromatic carbocycles. The van der Waals surface area contributed by atoms with E-state index in [0.717, 1.165) is 18.3 Å². The Hall–Kier alpha value is -3.74. The number of carbonyl (C=O) groups is 2. The number of hydrogen-bond acceptors (Lipinski definition) is 6. The zero-order chi connectivity index (χ0) is 26.3. The van der Waals surface area contributed by atoms with E-state index in [-0.39, 0.29) is 30.6 Å². The van der Waals surface area contributed by atoms with E-state index in [1.165, 1.54) is 21.8 Å². The van der Waals surface area contributed by atoms with Crippen molar-refractivity contribution in [2.45, 2.75) is 50.4 Å². The fourth-order valence-corrected chi connectivity index (χ4v) is 4.83. The Morgan fingerprint density at radius 1 is 1.19 bits per heavy atom. The van der Waals surface area contributed by atoms with E-state index >= 15 is 0 Å². The summed E-state index contributed by atoms with van der Waals surface area (Å²) in [6.45, 7) is 0.734. The normalized spacial score (nSPS) is 18.1. The van der Waals surface area contributed by atoms with E-state index in [2.05, 4.69) is 10.1 Å². The first-order valence-electron chi connectivity index (χ1n) is 11.9. The Kier molecular flexibility index (Phi) is 6.48. The molecule has 2 N–H and O–H groups in total. The summed E-state index contributed by atoms with van der Waals surface area (Å²) in [6.07, 6.45) is 2.06. The lowest BCUT2D eigenvalue weighted by Crippen LogP contribution is -2.50. The molecule has 4 heterocycles. The molecular formula is C24H24F4N6O3. The van der Waals surface area contributed by atoms with Gasteiger partial charge in [0.2, 0.25) is 0 Å². The number of carbonyl (C=O) groups excluding carboxylic acids is 1. The molecule has 37 heavy (non-hydrogen) atoms. The zero-order valence-electron chi connectivity index (χ0n) is 19.6. The summed E-state index contributed by atoms with van der Waals surface area (Å²) in [5, 5.41) is 14.8. The second-order valence-corrected chi connectivity index (χ2v) is 9.23. The summed E-state index contributed by atoms with van der Waals surface area (Å²) in [5.74, 6) is -3.65. The van der Waals surface area contributed by atoms with Crippen LogP contribution in [0.4, 0.5) is 23.2 Å². The lowest BCUT2D eigenvalue weighted by Gasteiger charge is -2.29. The van der Waals surface area contributed by atoms with E-state index < -0.39 is 23.9 Å². The molecule has 2 aliphatic rings. The molecule has 1 saturated heterocycles. The van der Waals surface area contributed by atoms with Crippen LogP contribution in [0.1, 0.15) is 53.3 Å². The molecule has 5 rings (SSSR count). The molecule has 1 amide bonds. The summed E-state index contributed by atoms with van der Waals surface area (Å²) in [5.41, 5.74) is 4.32. The number of nitrogens with one attached hydrogen (secondary N) is 1. The zero-order valence-corrected chi connectivity index (χ0v) is 19.6. The third kappa shape index (κ3) is 5.22. The van der Waals surface area contributed by atoms with Gasteiger partial charge in [0.15, 0.2) is 0 Å².